The first-order chi connectivity index (χ1) is 9.61. The van der Waals surface area contributed by atoms with Crippen molar-refractivity contribution in [1.29, 1.82) is 0 Å². The molecule has 102 valence electrons. The largest absolute Gasteiger partial charge is 0.497 e. The van der Waals surface area contributed by atoms with Crippen molar-refractivity contribution in [3.63, 3.8) is 0 Å². The van der Waals surface area contributed by atoms with E-state index in [1.165, 1.54) is 31.4 Å². The van der Waals surface area contributed by atoms with Gasteiger partial charge in [0.2, 0.25) is 0 Å². The molecule has 0 unspecified atom stereocenters. The van der Waals surface area contributed by atoms with Crippen LogP contribution in [-0.2, 0) is 0 Å². The van der Waals surface area contributed by atoms with Crippen LogP contribution in [0, 0.1) is 5.82 Å². The average molecular weight is 291 g/mol. The van der Waals surface area contributed by atoms with Crippen molar-refractivity contribution in [3.05, 3.63) is 70.5 Å². The third-order valence-electron chi connectivity index (χ3n) is 2.76. The van der Waals surface area contributed by atoms with Crippen LogP contribution in [0.4, 0.5) is 4.39 Å². The number of methoxy groups -OCH3 is 1. The zero-order chi connectivity index (χ0) is 14.5. The molecule has 0 saturated heterocycles. The standard InChI is InChI=1S/C16H12ClFO2/c1-20-12-5-2-4-11(10-12)16(19)9-8-13-14(17)6-3-7-15(13)18/h2-10H,1H3/b9-8+. The quantitative estimate of drug-likeness (QED) is 0.617. The zero-order valence-corrected chi connectivity index (χ0v) is 11.5. The van der Waals surface area contributed by atoms with Gasteiger partial charge in [-0.05, 0) is 36.4 Å². The van der Waals surface area contributed by atoms with Gasteiger partial charge in [0.05, 0.1) is 12.1 Å². The summed E-state index contributed by atoms with van der Waals surface area (Å²) in [4.78, 5) is 12.0. The van der Waals surface area contributed by atoms with Crippen LogP contribution in [0.2, 0.25) is 5.02 Å². The molecule has 0 aromatic heterocycles. The van der Waals surface area contributed by atoms with Gasteiger partial charge in [-0.2, -0.15) is 0 Å². The summed E-state index contributed by atoms with van der Waals surface area (Å²) in [5, 5.41) is 0.264. The molecule has 0 aliphatic carbocycles. The molecule has 0 spiro atoms. The van der Waals surface area contributed by atoms with Crippen molar-refractivity contribution in [2.24, 2.45) is 0 Å². The Bertz CT molecular complexity index is 645. The summed E-state index contributed by atoms with van der Waals surface area (Å²) in [6, 6.07) is 11.1. The Hall–Kier alpha value is -2.13. The molecule has 4 heteroatoms. The molecule has 0 bridgehead atoms. The lowest BCUT2D eigenvalue weighted by Gasteiger charge is -2.02. The van der Waals surface area contributed by atoms with Crippen LogP contribution in [-0.4, -0.2) is 12.9 Å². The second-order valence-corrected chi connectivity index (χ2v) is 4.47. The van der Waals surface area contributed by atoms with Gasteiger partial charge in [-0.3, -0.25) is 4.79 Å². The highest BCUT2D eigenvalue weighted by atomic mass is 35.5. The summed E-state index contributed by atoms with van der Waals surface area (Å²) in [6.45, 7) is 0. The molecule has 0 N–H and O–H groups in total. The van der Waals surface area contributed by atoms with E-state index < -0.39 is 5.82 Å². The van der Waals surface area contributed by atoms with Gasteiger partial charge in [-0.25, -0.2) is 4.39 Å². The molecular weight excluding hydrogens is 279 g/mol. The Balaban J connectivity index is 2.25. The molecule has 0 aliphatic rings. The molecule has 0 atom stereocenters. The first-order valence-corrected chi connectivity index (χ1v) is 6.30. The molecule has 0 fully saturated rings. The molecule has 0 amide bonds. The number of halogens is 2. The Labute approximate surface area is 121 Å². The topological polar surface area (TPSA) is 26.3 Å². The molecule has 2 aromatic carbocycles. The fraction of sp³-hybridized carbons (Fsp3) is 0.0625. The van der Waals surface area contributed by atoms with Gasteiger partial charge in [-0.15, -0.1) is 0 Å². The Morgan fingerprint density at radius 3 is 2.70 bits per heavy atom. The molecule has 0 saturated carbocycles. The Kier molecular flexibility index (Phi) is 4.53. The number of allylic oxidation sites excluding steroid dienone is 1. The van der Waals surface area contributed by atoms with Crippen molar-refractivity contribution >= 4 is 23.5 Å². The van der Waals surface area contributed by atoms with Crippen LogP contribution in [0.15, 0.2) is 48.5 Å². The number of carbonyl (C=O) groups is 1. The second kappa shape index (κ2) is 6.35. The molecule has 2 aromatic rings. The van der Waals surface area contributed by atoms with Gasteiger partial charge >= 0.3 is 0 Å². The molecule has 0 heterocycles. The zero-order valence-electron chi connectivity index (χ0n) is 10.8. The van der Waals surface area contributed by atoms with Crippen LogP contribution in [0.1, 0.15) is 15.9 Å². The highest BCUT2D eigenvalue weighted by Gasteiger charge is 2.06. The first kappa shape index (κ1) is 14.3. The Morgan fingerprint density at radius 2 is 2.00 bits per heavy atom. The first-order valence-electron chi connectivity index (χ1n) is 5.92. The van der Waals surface area contributed by atoms with Crippen LogP contribution in [0.25, 0.3) is 6.08 Å². The van der Waals surface area contributed by atoms with Gasteiger partial charge in [-0.1, -0.05) is 29.8 Å². The average Bonchev–Trinajstić information content (AvgIpc) is 2.46. The van der Waals surface area contributed by atoms with E-state index >= 15 is 0 Å². The minimum absolute atomic E-state index is 0.199. The van der Waals surface area contributed by atoms with Crippen molar-refractivity contribution in [2.75, 3.05) is 7.11 Å². The highest BCUT2D eigenvalue weighted by molar-refractivity contribution is 6.32. The van der Waals surface area contributed by atoms with Crippen LogP contribution >= 0.6 is 11.6 Å². The number of ketones is 1. The van der Waals surface area contributed by atoms with E-state index in [9.17, 15) is 9.18 Å². The van der Waals surface area contributed by atoms with Gasteiger partial charge < -0.3 is 4.74 Å². The number of ether oxygens (including phenoxy) is 1. The summed E-state index contributed by atoms with van der Waals surface area (Å²) >= 11 is 5.88. The number of rotatable bonds is 4. The van der Waals surface area contributed by atoms with E-state index in [-0.39, 0.29) is 16.4 Å². The molecule has 2 nitrogen and oxygen atoms in total. The number of benzene rings is 2. The third kappa shape index (κ3) is 3.25. The lowest BCUT2D eigenvalue weighted by Crippen LogP contribution is -1.95. The summed E-state index contributed by atoms with van der Waals surface area (Å²) in [5.41, 5.74) is 0.665. The normalized spacial score (nSPS) is 10.8. The maximum Gasteiger partial charge on any atom is 0.185 e. The van der Waals surface area contributed by atoms with E-state index in [1.807, 2.05) is 0 Å². The maximum absolute atomic E-state index is 13.6. The molecule has 0 radical (unpaired) electrons. The fourth-order valence-corrected chi connectivity index (χ4v) is 1.93. The van der Waals surface area contributed by atoms with Crippen molar-refractivity contribution in [3.8, 4) is 5.75 Å². The summed E-state index contributed by atoms with van der Waals surface area (Å²) in [6.07, 6.45) is 2.67. The van der Waals surface area contributed by atoms with Crippen LogP contribution < -0.4 is 4.74 Å². The van der Waals surface area contributed by atoms with E-state index in [0.29, 0.717) is 11.3 Å². The minimum atomic E-state index is -0.466. The maximum atomic E-state index is 13.6. The fourth-order valence-electron chi connectivity index (χ4n) is 1.70. The number of hydrogen-bond acceptors (Lipinski definition) is 2. The van der Waals surface area contributed by atoms with Crippen LogP contribution in [0.5, 0.6) is 5.75 Å². The summed E-state index contributed by atoms with van der Waals surface area (Å²) in [5.74, 6) is -0.122. The van der Waals surface area contributed by atoms with E-state index in [1.54, 1.807) is 30.3 Å². The van der Waals surface area contributed by atoms with Crippen LogP contribution in [0.3, 0.4) is 0 Å². The van der Waals surface area contributed by atoms with Crippen molar-refractivity contribution in [2.45, 2.75) is 0 Å². The SMILES string of the molecule is COc1cccc(C(=O)/C=C/c2c(F)cccc2Cl)c1. The van der Waals surface area contributed by atoms with Gasteiger partial charge in [0.1, 0.15) is 11.6 Å². The second-order valence-electron chi connectivity index (χ2n) is 4.06. The minimum Gasteiger partial charge on any atom is -0.497 e. The summed E-state index contributed by atoms with van der Waals surface area (Å²) < 4.78 is 18.6. The van der Waals surface area contributed by atoms with E-state index in [2.05, 4.69) is 0 Å². The van der Waals surface area contributed by atoms with E-state index in [0.717, 1.165) is 0 Å². The van der Waals surface area contributed by atoms with Gasteiger partial charge in [0.25, 0.3) is 0 Å². The van der Waals surface area contributed by atoms with Crippen molar-refractivity contribution in [1.82, 2.24) is 0 Å². The summed E-state index contributed by atoms with van der Waals surface area (Å²) in [7, 11) is 1.53. The monoisotopic (exact) mass is 290 g/mol. The van der Waals surface area contributed by atoms with Crippen molar-refractivity contribution < 1.29 is 13.9 Å². The van der Waals surface area contributed by atoms with E-state index in [4.69, 9.17) is 16.3 Å². The molecule has 20 heavy (non-hydrogen) atoms. The highest BCUT2D eigenvalue weighted by Crippen LogP contribution is 2.21. The van der Waals surface area contributed by atoms with Gasteiger partial charge in [0.15, 0.2) is 5.78 Å². The Morgan fingerprint density at radius 1 is 1.25 bits per heavy atom. The molecule has 0 aliphatic heterocycles. The molecule has 2 rings (SSSR count). The predicted molar refractivity (Wildman–Crippen MR) is 77.8 cm³/mol. The smallest absolute Gasteiger partial charge is 0.185 e. The number of carbonyl (C=O) groups excluding carboxylic acids is 1. The third-order valence-corrected chi connectivity index (χ3v) is 3.08. The number of hydrogen-bond donors (Lipinski definition) is 0. The lowest BCUT2D eigenvalue weighted by molar-refractivity contribution is 0.104. The molecular formula is C16H12ClFO2. The van der Waals surface area contributed by atoms with Gasteiger partial charge in [0, 0.05) is 11.1 Å². The predicted octanol–water partition coefficient (Wildman–Crippen LogP) is 4.38. The lowest BCUT2D eigenvalue weighted by atomic mass is 10.1.